The molecule has 1 aromatic rings. The van der Waals surface area contributed by atoms with Crippen LogP contribution in [0.4, 0.5) is 0 Å². The Morgan fingerprint density at radius 1 is 1.12 bits per heavy atom. The molecule has 90 valence electrons. The number of hydrogen-bond donors (Lipinski definition) is 1. The van der Waals surface area contributed by atoms with E-state index in [0.717, 1.165) is 5.56 Å². The molecule has 0 aliphatic carbocycles. The maximum atomic E-state index is 11.6. The van der Waals surface area contributed by atoms with E-state index in [0.29, 0.717) is 6.54 Å². The third-order valence-electron chi connectivity index (χ3n) is 2.58. The third kappa shape index (κ3) is 3.61. The molecule has 1 rings (SSSR count). The van der Waals surface area contributed by atoms with Gasteiger partial charge in [-0.2, -0.15) is 0 Å². The molecule has 0 bridgehead atoms. The Labute approximate surface area is 97.9 Å². The highest BCUT2D eigenvalue weighted by Gasteiger charge is 2.16. The van der Waals surface area contributed by atoms with Crippen molar-refractivity contribution in [1.29, 1.82) is 0 Å². The van der Waals surface area contributed by atoms with Crippen molar-refractivity contribution in [2.24, 2.45) is 0 Å². The molecule has 4 heteroatoms. The van der Waals surface area contributed by atoms with Gasteiger partial charge in [0, 0.05) is 6.54 Å². The zero-order valence-electron chi connectivity index (χ0n) is 9.97. The lowest BCUT2D eigenvalue weighted by Gasteiger charge is -2.14. The molecular formula is C12H19NO2S. The topological polar surface area (TPSA) is 46.2 Å². The molecule has 16 heavy (non-hydrogen) atoms. The minimum Gasteiger partial charge on any atom is -0.214 e. The van der Waals surface area contributed by atoms with Gasteiger partial charge in [0.25, 0.3) is 0 Å². The van der Waals surface area contributed by atoms with Gasteiger partial charge in [-0.1, -0.05) is 37.3 Å². The highest BCUT2D eigenvalue weighted by molar-refractivity contribution is 7.90. The molecule has 1 N–H and O–H groups in total. The van der Waals surface area contributed by atoms with Crippen molar-refractivity contribution < 1.29 is 8.42 Å². The fourth-order valence-corrected chi connectivity index (χ4v) is 2.12. The van der Waals surface area contributed by atoms with Crippen LogP contribution in [0, 0.1) is 0 Å². The second kappa shape index (κ2) is 5.46. The van der Waals surface area contributed by atoms with Gasteiger partial charge in [0.05, 0.1) is 5.25 Å². The summed E-state index contributed by atoms with van der Waals surface area (Å²) in [5.74, 6) is 0.190. The third-order valence-corrected chi connectivity index (χ3v) is 4.39. The highest BCUT2D eigenvalue weighted by atomic mass is 32.2. The molecule has 0 aliphatic heterocycles. The summed E-state index contributed by atoms with van der Waals surface area (Å²) in [5.41, 5.74) is 1.15. The fourth-order valence-electron chi connectivity index (χ4n) is 1.31. The number of sulfonamides is 1. The zero-order chi connectivity index (χ0) is 12.2. The molecule has 0 fully saturated rings. The van der Waals surface area contributed by atoms with Crippen LogP contribution in [-0.2, 0) is 10.0 Å². The molecule has 0 aliphatic rings. The molecule has 0 amide bonds. The van der Waals surface area contributed by atoms with Crippen molar-refractivity contribution in [3.63, 3.8) is 0 Å². The van der Waals surface area contributed by atoms with Crippen LogP contribution in [0.15, 0.2) is 30.3 Å². The molecule has 0 saturated carbocycles. The number of rotatable bonds is 5. The highest BCUT2D eigenvalue weighted by Crippen LogP contribution is 2.13. The van der Waals surface area contributed by atoms with Crippen molar-refractivity contribution in [3.05, 3.63) is 35.9 Å². The van der Waals surface area contributed by atoms with E-state index in [-0.39, 0.29) is 11.2 Å². The maximum Gasteiger partial charge on any atom is 0.213 e. The van der Waals surface area contributed by atoms with Crippen LogP contribution in [0.25, 0.3) is 0 Å². The second-order valence-corrected chi connectivity index (χ2v) is 6.58. The number of hydrogen-bond acceptors (Lipinski definition) is 2. The van der Waals surface area contributed by atoms with Crippen LogP contribution < -0.4 is 4.72 Å². The van der Waals surface area contributed by atoms with Gasteiger partial charge in [-0.05, 0) is 25.3 Å². The van der Waals surface area contributed by atoms with Gasteiger partial charge in [0.2, 0.25) is 10.0 Å². The summed E-state index contributed by atoms with van der Waals surface area (Å²) in [6, 6.07) is 9.89. The summed E-state index contributed by atoms with van der Waals surface area (Å²) in [4.78, 5) is 0. The van der Waals surface area contributed by atoms with Crippen molar-refractivity contribution >= 4 is 10.0 Å². The normalized spacial score (nSPS) is 14.0. The molecule has 0 unspecified atom stereocenters. The molecule has 0 aromatic heterocycles. The van der Waals surface area contributed by atoms with E-state index in [1.807, 2.05) is 37.3 Å². The largest absolute Gasteiger partial charge is 0.214 e. The maximum absolute atomic E-state index is 11.6. The molecule has 0 spiro atoms. The predicted octanol–water partition coefficient (Wildman–Crippen LogP) is 2.12. The van der Waals surface area contributed by atoms with E-state index < -0.39 is 10.0 Å². The summed E-state index contributed by atoms with van der Waals surface area (Å²) in [5, 5.41) is -0.379. The van der Waals surface area contributed by atoms with E-state index >= 15 is 0 Å². The minimum absolute atomic E-state index is 0.190. The second-order valence-electron chi connectivity index (χ2n) is 4.25. The Morgan fingerprint density at radius 2 is 1.69 bits per heavy atom. The van der Waals surface area contributed by atoms with Crippen LogP contribution in [-0.4, -0.2) is 20.2 Å². The van der Waals surface area contributed by atoms with Crippen molar-refractivity contribution in [2.45, 2.75) is 31.9 Å². The van der Waals surface area contributed by atoms with Gasteiger partial charge in [-0.15, -0.1) is 0 Å². The summed E-state index contributed by atoms with van der Waals surface area (Å²) in [6.45, 7) is 5.81. The standard InChI is InChI=1S/C12H19NO2S/c1-10(2)16(14,15)13-9-11(3)12-7-5-4-6-8-12/h4-8,10-11,13H,9H2,1-3H3/t11-/m1/s1. The average molecular weight is 241 g/mol. The van der Waals surface area contributed by atoms with Crippen molar-refractivity contribution in [2.75, 3.05) is 6.54 Å². The first-order valence-electron chi connectivity index (χ1n) is 5.47. The van der Waals surface area contributed by atoms with Crippen LogP contribution in [0.2, 0.25) is 0 Å². The summed E-state index contributed by atoms with van der Waals surface area (Å²) >= 11 is 0. The SMILES string of the molecule is CC(C)S(=O)(=O)NC[C@@H](C)c1ccccc1. The minimum atomic E-state index is -3.15. The van der Waals surface area contributed by atoms with Crippen LogP contribution in [0.3, 0.4) is 0 Å². The molecule has 0 radical (unpaired) electrons. The molecule has 3 nitrogen and oxygen atoms in total. The average Bonchev–Trinajstić information content (AvgIpc) is 2.27. The quantitative estimate of drug-likeness (QED) is 0.858. The monoisotopic (exact) mass is 241 g/mol. The van der Waals surface area contributed by atoms with Gasteiger partial charge >= 0.3 is 0 Å². The van der Waals surface area contributed by atoms with E-state index in [2.05, 4.69) is 4.72 Å². The smallest absolute Gasteiger partial charge is 0.213 e. The lowest BCUT2D eigenvalue weighted by molar-refractivity contribution is 0.566. The van der Waals surface area contributed by atoms with Gasteiger partial charge in [-0.25, -0.2) is 13.1 Å². The molecule has 1 aromatic carbocycles. The predicted molar refractivity (Wildman–Crippen MR) is 66.9 cm³/mol. The van der Waals surface area contributed by atoms with Crippen LogP contribution >= 0.6 is 0 Å². The molecule has 1 atom stereocenters. The summed E-state index contributed by atoms with van der Waals surface area (Å²) in [6.07, 6.45) is 0. The fraction of sp³-hybridized carbons (Fsp3) is 0.500. The number of nitrogens with one attached hydrogen (secondary N) is 1. The lowest BCUT2D eigenvalue weighted by Crippen LogP contribution is -2.33. The van der Waals surface area contributed by atoms with Gasteiger partial charge in [0.15, 0.2) is 0 Å². The first-order chi connectivity index (χ1) is 7.43. The van der Waals surface area contributed by atoms with E-state index in [4.69, 9.17) is 0 Å². The Bertz CT molecular complexity index is 412. The Balaban J connectivity index is 2.58. The van der Waals surface area contributed by atoms with E-state index in [1.165, 1.54) is 0 Å². The summed E-state index contributed by atoms with van der Waals surface area (Å²) in [7, 11) is -3.15. The molecule has 0 heterocycles. The molecule has 0 saturated heterocycles. The lowest BCUT2D eigenvalue weighted by atomic mass is 10.0. The van der Waals surface area contributed by atoms with Crippen LogP contribution in [0.1, 0.15) is 32.3 Å². The van der Waals surface area contributed by atoms with Gasteiger partial charge in [0.1, 0.15) is 0 Å². The van der Waals surface area contributed by atoms with Crippen molar-refractivity contribution in [1.82, 2.24) is 4.72 Å². The zero-order valence-corrected chi connectivity index (χ0v) is 10.8. The first-order valence-corrected chi connectivity index (χ1v) is 7.01. The summed E-state index contributed by atoms with van der Waals surface area (Å²) < 4.78 is 25.7. The van der Waals surface area contributed by atoms with Gasteiger partial charge in [-0.3, -0.25) is 0 Å². The Hall–Kier alpha value is -0.870. The van der Waals surface area contributed by atoms with E-state index in [9.17, 15) is 8.42 Å². The number of benzene rings is 1. The Morgan fingerprint density at radius 3 is 2.19 bits per heavy atom. The Kier molecular flexibility index (Phi) is 4.50. The van der Waals surface area contributed by atoms with Gasteiger partial charge < -0.3 is 0 Å². The van der Waals surface area contributed by atoms with E-state index in [1.54, 1.807) is 13.8 Å². The van der Waals surface area contributed by atoms with Crippen molar-refractivity contribution in [3.8, 4) is 0 Å². The van der Waals surface area contributed by atoms with Crippen LogP contribution in [0.5, 0.6) is 0 Å². The first kappa shape index (κ1) is 13.2. The molecular weight excluding hydrogens is 222 g/mol.